The van der Waals surface area contributed by atoms with Crippen LogP contribution in [-0.4, -0.2) is 0 Å². The van der Waals surface area contributed by atoms with E-state index < -0.39 is 0 Å². The Morgan fingerprint density at radius 3 is 2.57 bits per heavy atom. The van der Waals surface area contributed by atoms with E-state index in [4.69, 9.17) is 0 Å². The van der Waals surface area contributed by atoms with E-state index in [-0.39, 0.29) is 0 Å². The van der Waals surface area contributed by atoms with Gasteiger partial charge in [0, 0.05) is 0 Å². The second kappa shape index (κ2) is 5.74. The second-order valence-electron chi connectivity index (χ2n) is 1.71. The van der Waals surface area contributed by atoms with Gasteiger partial charge in [-0.05, 0) is 12.8 Å². The summed E-state index contributed by atoms with van der Waals surface area (Å²) in [6.45, 7) is 5.70. The van der Waals surface area contributed by atoms with E-state index in [0.29, 0.717) is 0 Å². The van der Waals surface area contributed by atoms with Crippen molar-refractivity contribution in [1.82, 2.24) is 0 Å². The van der Waals surface area contributed by atoms with Crippen LogP contribution < -0.4 is 0 Å². The van der Waals surface area contributed by atoms with Gasteiger partial charge in [0.15, 0.2) is 0 Å². The molecule has 0 heteroatoms. The van der Waals surface area contributed by atoms with Crippen LogP contribution in [0.25, 0.3) is 0 Å². The summed E-state index contributed by atoms with van der Waals surface area (Å²) in [5.74, 6) is 0. The van der Waals surface area contributed by atoms with Crippen LogP contribution in [0.2, 0.25) is 0 Å². The fraction of sp³-hybridized carbons (Fsp3) is 0.714. The number of rotatable bonds is 4. The molecule has 0 N–H and O–H groups in total. The van der Waals surface area contributed by atoms with Crippen molar-refractivity contribution < 1.29 is 0 Å². The van der Waals surface area contributed by atoms with Crippen LogP contribution in [-0.2, 0) is 0 Å². The molecule has 41 valence electrons. The zero-order chi connectivity index (χ0) is 5.54. The molecule has 0 heterocycles. The topological polar surface area (TPSA) is 0 Å². The molecular formula is C7H13. The van der Waals surface area contributed by atoms with Crippen molar-refractivity contribution in [3.63, 3.8) is 0 Å². The number of hydrogen-bond donors (Lipinski definition) is 0. The molecule has 0 nitrogen and oxygen atoms in total. The molecule has 7 heavy (non-hydrogen) atoms. The Morgan fingerprint density at radius 1 is 1.43 bits per heavy atom. The summed E-state index contributed by atoms with van der Waals surface area (Å²) in [6, 6.07) is 0. The molecule has 0 aliphatic carbocycles. The summed E-state index contributed by atoms with van der Waals surface area (Å²) in [4.78, 5) is 0. The van der Waals surface area contributed by atoms with Gasteiger partial charge >= 0.3 is 0 Å². The Kier molecular flexibility index (Phi) is 5.53. The molecule has 0 aromatic carbocycles. The van der Waals surface area contributed by atoms with Crippen molar-refractivity contribution in [2.75, 3.05) is 0 Å². The molecule has 0 aliphatic heterocycles. The molecule has 0 saturated heterocycles. The van der Waals surface area contributed by atoms with E-state index in [1.807, 2.05) is 0 Å². The van der Waals surface area contributed by atoms with Crippen LogP contribution in [0.1, 0.15) is 32.6 Å². The van der Waals surface area contributed by atoms with E-state index in [1.165, 1.54) is 19.3 Å². The summed E-state index contributed by atoms with van der Waals surface area (Å²) in [6.07, 6.45) is 7.80. The zero-order valence-corrected chi connectivity index (χ0v) is 5.04. The Labute approximate surface area is 46.2 Å². The van der Waals surface area contributed by atoms with Crippen molar-refractivity contribution in [2.45, 2.75) is 32.6 Å². The third-order valence-electron chi connectivity index (χ3n) is 0.957. The first-order chi connectivity index (χ1) is 3.41. The van der Waals surface area contributed by atoms with Gasteiger partial charge < -0.3 is 0 Å². The van der Waals surface area contributed by atoms with Crippen LogP contribution in [0.4, 0.5) is 0 Å². The predicted molar refractivity (Wildman–Crippen MR) is 33.0 cm³/mol. The summed E-state index contributed by atoms with van der Waals surface area (Å²) >= 11 is 0. The van der Waals surface area contributed by atoms with Crippen LogP contribution in [0.3, 0.4) is 0 Å². The Morgan fingerprint density at radius 2 is 2.14 bits per heavy atom. The van der Waals surface area contributed by atoms with E-state index in [2.05, 4.69) is 19.6 Å². The van der Waals surface area contributed by atoms with Gasteiger partial charge in [-0.1, -0.05) is 32.4 Å². The van der Waals surface area contributed by atoms with Gasteiger partial charge in [0.25, 0.3) is 0 Å². The van der Waals surface area contributed by atoms with Crippen molar-refractivity contribution in [2.24, 2.45) is 0 Å². The van der Waals surface area contributed by atoms with E-state index in [0.717, 1.165) is 6.42 Å². The minimum absolute atomic E-state index is 1.06. The molecule has 0 amide bonds. The fourth-order valence-corrected chi connectivity index (χ4v) is 0.500. The molecule has 0 rings (SSSR count). The molecular weight excluding hydrogens is 84.1 g/mol. The zero-order valence-electron chi connectivity index (χ0n) is 5.04. The second-order valence-corrected chi connectivity index (χ2v) is 1.71. The first kappa shape index (κ1) is 6.74. The van der Waals surface area contributed by atoms with Crippen molar-refractivity contribution >= 4 is 0 Å². The minimum Gasteiger partial charge on any atom is -0.0956 e. The maximum atomic E-state index is 3.51. The minimum atomic E-state index is 1.06. The average Bonchev–Trinajstić information content (AvgIpc) is 1.69. The first-order valence-electron chi connectivity index (χ1n) is 2.91. The Hall–Kier alpha value is -0.260. The van der Waals surface area contributed by atoms with Crippen LogP contribution >= 0.6 is 0 Å². The molecule has 0 unspecified atom stereocenters. The molecule has 0 bridgehead atoms. The number of allylic oxidation sites excluding steroid dienone is 1. The quantitative estimate of drug-likeness (QED) is 0.473. The summed E-state index contributed by atoms with van der Waals surface area (Å²) in [5.41, 5.74) is 0. The molecule has 0 spiro atoms. The highest BCUT2D eigenvalue weighted by Gasteiger charge is 1.77. The van der Waals surface area contributed by atoms with Crippen LogP contribution in [0.15, 0.2) is 6.58 Å². The fourth-order valence-electron chi connectivity index (χ4n) is 0.500. The molecule has 1 radical (unpaired) electrons. The van der Waals surface area contributed by atoms with E-state index in [1.54, 1.807) is 0 Å². The van der Waals surface area contributed by atoms with Gasteiger partial charge in [0.1, 0.15) is 0 Å². The smallest absolute Gasteiger partial charge is 0.0282 e. The van der Waals surface area contributed by atoms with Crippen molar-refractivity contribution in [1.29, 1.82) is 0 Å². The third-order valence-corrected chi connectivity index (χ3v) is 0.957. The highest BCUT2D eigenvalue weighted by atomic mass is 13.8. The molecule has 0 aromatic rings. The maximum absolute atomic E-state index is 3.51. The largest absolute Gasteiger partial charge is 0.0956 e. The van der Waals surface area contributed by atoms with Gasteiger partial charge in [-0.3, -0.25) is 0 Å². The summed E-state index contributed by atoms with van der Waals surface area (Å²) in [5, 5.41) is 0. The molecule has 0 aromatic heterocycles. The molecule has 0 saturated carbocycles. The summed E-state index contributed by atoms with van der Waals surface area (Å²) in [7, 11) is 0. The van der Waals surface area contributed by atoms with Gasteiger partial charge in [0.2, 0.25) is 0 Å². The van der Waals surface area contributed by atoms with Crippen LogP contribution in [0.5, 0.6) is 0 Å². The van der Waals surface area contributed by atoms with Crippen LogP contribution in [0, 0.1) is 6.08 Å². The molecule has 0 aliphatic rings. The van der Waals surface area contributed by atoms with Gasteiger partial charge in [-0.2, -0.15) is 0 Å². The van der Waals surface area contributed by atoms with E-state index in [9.17, 15) is 0 Å². The summed E-state index contributed by atoms with van der Waals surface area (Å²) < 4.78 is 0. The number of hydrogen-bond acceptors (Lipinski definition) is 0. The van der Waals surface area contributed by atoms with Gasteiger partial charge in [0.05, 0.1) is 0 Å². The maximum Gasteiger partial charge on any atom is -0.0282 e. The number of unbranched alkanes of at least 4 members (excludes halogenated alkanes) is 3. The van der Waals surface area contributed by atoms with Crippen molar-refractivity contribution in [3.05, 3.63) is 12.7 Å². The predicted octanol–water partition coefficient (Wildman–Crippen LogP) is 2.56. The van der Waals surface area contributed by atoms with Gasteiger partial charge in [-0.15, -0.1) is 0 Å². The normalized spacial score (nSPS) is 8.71. The van der Waals surface area contributed by atoms with Gasteiger partial charge in [-0.25, -0.2) is 0 Å². The third kappa shape index (κ3) is 5.74. The molecule has 0 atom stereocenters. The lowest BCUT2D eigenvalue weighted by Gasteiger charge is -1.87. The average molecular weight is 97.2 g/mol. The monoisotopic (exact) mass is 97.1 g/mol. The Bertz CT molecular complexity index is 37.3. The SMILES string of the molecule is C=[C]CCCCC. The first-order valence-corrected chi connectivity index (χ1v) is 2.91. The highest BCUT2D eigenvalue weighted by Crippen LogP contribution is 1.96. The lowest BCUT2D eigenvalue weighted by atomic mass is 10.2. The lowest BCUT2D eigenvalue weighted by Crippen LogP contribution is -1.68. The Balaban J connectivity index is 2.56. The standard InChI is InChI=1S/C7H13/c1-3-5-7-6-4-2/h1,4-7H2,2H3. The molecule has 0 fully saturated rings. The lowest BCUT2D eigenvalue weighted by molar-refractivity contribution is 0.723. The highest BCUT2D eigenvalue weighted by molar-refractivity contribution is 4.53. The van der Waals surface area contributed by atoms with Crippen molar-refractivity contribution in [3.8, 4) is 0 Å². The van der Waals surface area contributed by atoms with E-state index >= 15 is 0 Å².